The lowest BCUT2D eigenvalue weighted by Gasteiger charge is -2.29. The summed E-state index contributed by atoms with van der Waals surface area (Å²) < 4.78 is 5.50. The van der Waals surface area contributed by atoms with Crippen LogP contribution in [0, 0.1) is 0 Å². The van der Waals surface area contributed by atoms with Gasteiger partial charge in [0, 0.05) is 27.6 Å². The maximum atomic E-state index is 12.4. The van der Waals surface area contributed by atoms with Crippen molar-refractivity contribution < 1.29 is 9.53 Å². The second-order valence-electron chi connectivity index (χ2n) is 8.09. The fourth-order valence-electron chi connectivity index (χ4n) is 3.06. The maximum Gasteiger partial charge on any atom is 0.410 e. The molecule has 0 fully saturated rings. The number of anilines is 2. The average molecular weight is 475 g/mol. The Kier molecular flexibility index (Phi) is 6.41. The minimum atomic E-state index is -0.508. The maximum absolute atomic E-state index is 12.4. The van der Waals surface area contributed by atoms with Crippen molar-refractivity contribution in [1.82, 2.24) is 14.9 Å². The molecule has 1 amide bonds. The Morgan fingerprint density at radius 2 is 1.97 bits per heavy atom. The third-order valence-corrected chi connectivity index (χ3v) is 6.54. The minimum absolute atomic E-state index is 0.292. The van der Waals surface area contributed by atoms with E-state index in [1.807, 2.05) is 51.1 Å². The molecule has 0 spiro atoms. The Balaban J connectivity index is 1.46. The van der Waals surface area contributed by atoms with Gasteiger partial charge in [0.25, 0.3) is 0 Å². The fourth-order valence-corrected chi connectivity index (χ4v) is 5.27. The lowest BCUT2D eigenvalue weighted by molar-refractivity contribution is 0.0225. The predicted octanol–water partition coefficient (Wildman–Crippen LogP) is 6.38. The summed E-state index contributed by atoms with van der Waals surface area (Å²) in [6.07, 6.45) is 0.408. The highest BCUT2D eigenvalue weighted by Crippen LogP contribution is 2.34. The number of rotatable bonds is 4. The van der Waals surface area contributed by atoms with Gasteiger partial charge in [0.15, 0.2) is 5.13 Å². The Morgan fingerprint density at radius 1 is 1.19 bits per heavy atom. The number of ether oxygens (including phenoxy) is 1. The first-order valence-electron chi connectivity index (χ1n) is 9.89. The molecule has 0 aliphatic carbocycles. The van der Waals surface area contributed by atoms with Crippen LogP contribution in [0.15, 0.2) is 52.3 Å². The van der Waals surface area contributed by atoms with Gasteiger partial charge >= 0.3 is 6.09 Å². The van der Waals surface area contributed by atoms with Crippen LogP contribution in [0.2, 0.25) is 5.15 Å². The molecule has 3 aromatic rings. The van der Waals surface area contributed by atoms with Gasteiger partial charge in [-0.1, -0.05) is 52.9 Å². The summed E-state index contributed by atoms with van der Waals surface area (Å²) >= 11 is 9.40. The molecule has 162 valence electrons. The van der Waals surface area contributed by atoms with Crippen molar-refractivity contribution >= 4 is 51.7 Å². The summed E-state index contributed by atoms with van der Waals surface area (Å²) in [4.78, 5) is 26.4. The molecule has 0 saturated heterocycles. The largest absolute Gasteiger partial charge is 0.444 e. The van der Waals surface area contributed by atoms with E-state index in [-0.39, 0.29) is 6.09 Å². The van der Waals surface area contributed by atoms with Crippen molar-refractivity contribution in [3.63, 3.8) is 0 Å². The molecule has 1 aliphatic heterocycles. The summed E-state index contributed by atoms with van der Waals surface area (Å²) in [5.74, 6) is 0.640. The summed E-state index contributed by atoms with van der Waals surface area (Å²) in [5, 5.41) is 4.43. The smallest absolute Gasteiger partial charge is 0.410 e. The molecule has 0 saturated carbocycles. The van der Waals surface area contributed by atoms with Gasteiger partial charge in [0.2, 0.25) is 0 Å². The summed E-state index contributed by atoms with van der Waals surface area (Å²) in [6.45, 7) is 6.71. The number of benzene rings is 1. The number of nitrogens with zero attached hydrogens (tertiary/aromatic N) is 3. The average Bonchev–Trinajstić information content (AvgIpc) is 3.08. The number of hydrogen-bond acceptors (Lipinski definition) is 7. The molecule has 4 rings (SSSR count). The normalized spacial score (nSPS) is 13.6. The summed E-state index contributed by atoms with van der Waals surface area (Å²) in [6, 6.07) is 13.9. The number of pyridine rings is 1. The highest BCUT2D eigenvalue weighted by Gasteiger charge is 2.28. The molecule has 0 unspecified atom stereocenters. The van der Waals surface area contributed by atoms with Crippen LogP contribution in [-0.4, -0.2) is 33.1 Å². The lowest BCUT2D eigenvalue weighted by Crippen LogP contribution is -2.39. The van der Waals surface area contributed by atoms with Crippen molar-refractivity contribution in [2.45, 2.75) is 49.1 Å². The fraction of sp³-hybridized carbons (Fsp3) is 0.318. The topological polar surface area (TPSA) is 67.3 Å². The van der Waals surface area contributed by atoms with Gasteiger partial charge in [-0.05, 0) is 45.0 Å². The molecular formula is C22H23ClN4O2S2. The first kappa shape index (κ1) is 21.9. The van der Waals surface area contributed by atoms with E-state index in [1.54, 1.807) is 16.7 Å². The van der Waals surface area contributed by atoms with Gasteiger partial charge in [-0.15, -0.1) is 0 Å². The van der Waals surface area contributed by atoms with Crippen LogP contribution in [0.25, 0.3) is 0 Å². The van der Waals surface area contributed by atoms with E-state index < -0.39 is 5.60 Å². The van der Waals surface area contributed by atoms with Crippen LogP contribution in [0.1, 0.15) is 31.3 Å². The molecule has 1 aliphatic rings. The molecule has 3 heterocycles. The van der Waals surface area contributed by atoms with Gasteiger partial charge in [-0.25, -0.2) is 14.8 Å². The van der Waals surface area contributed by atoms with Crippen LogP contribution >= 0.6 is 34.7 Å². The molecule has 2 aromatic heterocycles. The van der Waals surface area contributed by atoms with Crippen LogP contribution in [0.5, 0.6) is 0 Å². The number of halogens is 1. The van der Waals surface area contributed by atoms with Crippen LogP contribution < -0.4 is 5.32 Å². The van der Waals surface area contributed by atoms with E-state index in [1.165, 1.54) is 11.3 Å². The number of hydrogen-bond donors (Lipinski definition) is 1. The SMILES string of the molecule is CC(C)(C)OC(=O)N1CCc2nc(Nc3cc(Sc4ccccc4)cc(Cl)n3)sc2C1. The van der Waals surface area contributed by atoms with Gasteiger partial charge in [-0.3, -0.25) is 0 Å². The highest BCUT2D eigenvalue weighted by molar-refractivity contribution is 7.99. The molecule has 6 nitrogen and oxygen atoms in total. The zero-order valence-corrected chi connectivity index (χ0v) is 19.9. The third kappa shape index (κ3) is 5.90. The molecule has 1 aromatic carbocycles. The third-order valence-electron chi connectivity index (χ3n) is 4.36. The van der Waals surface area contributed by atoms with Crippen molar-refractivity contribution in [1.29, 1.82) is 0 Å². The van der Waals surface area contributed by atoms with Gasteiger partial charge in [-0.2, -0.15) is 0 Å². The van der Waals surface area contributed by atoms with Crippen molar-refractivity contribution in [2.75, 3.05) is 11.9 Å². The number of carbonyl (C=O) groups is 1. The summed E-state index contributed by atoms with van der Waals surface area (Å²) in [7, 11) is 0. The van der Waals surface area contributed by atoms with E-state index >= 15 is 0 Å². The first-order valence-corrected chi connectivity index (χ1v) is 11.9. The Morgan fingerprint density at radius 3 is 2.71 bits per heavy atom. The van der Waals surface area contributed by atoms with Crippen molar-refractivity contribution in [3.05, 3.63) is 58.2 Å². The van der Waals surface area contributed by atoms with Crippen molar-refractivity contribution in [3.8, 4) is 0 Å². The van der Waals surface area contributed by atoms with Crippen LogP contribution in [0.3, 0.4) is 0 Å². The molecule has 1 N–H and O–H groups in total. The van der Waals surface area contributed by atoms with Gasteiger partial charge < -0.3 is 15.0 Å². The predicted molar refractivity (Wildman–Crippen MR) is 126 cm³/mol. The first-order chi connectivity index (χ1) is 14.7. The standard InChI is InChI=1S/C22H23ClN4O2S2/c1-22(2,3)29-21(28)27-10-9-16-17(13-27)31-20(24-16)26-19-12-15(11-18(23)25-19)30-14-7-5-4-6-8-14/h4-8,11-12H,9-10,13H2,1-3H3,(H,24,25,26). The number of nitrogens with one attached hydrogen (secondary N) is 1. The van der Waals surface area contributed by atoms with Crippen LogP contribution in [-0.2, 0) is 17.7 Å². The van der Waals surface area contributed by atoms with Gasteiger partial charge in [0.1, 0.15) is 16.6 Å². The monoisotopic (exact) mass is 474 g/mol. The Hall–Kier alpha value is -2.29. The Labute approximate surface area is 195 Å². The zero-order chi connectivity index (χ0) is 22.0. The van der Waals surface area contributed by atoms with E-state index in [0.717, 1.165) is 25.5 Å². The summed E-state index contributed by atoms with van der Waals surface area (Å²) in [5.41, 5.74) is 0.499. The molecule has 0 bridgehead atoms. The second kappa shape index (κ2) is 9.06. The molecule has 0 atom stereocenters. The number of carbonyl (C=O) groups excluding carboxylic acids is 1. The molecule has 9 heteroatoms. The molecular weight excluding hydrogens is 452 g/mol. The van der Waals surface area contributed by atoms with E-state index in [0.29, 0.717) is 30.5 Å². The quantitative estimate of drug-likeness (QED) is 0.442. The Bertz CT molecular complexity index is 1080. The van der Waals surface area contributed by atoms with E-state index in [9.17, 15) is 4.79 Å². The molecule has 0 radical (unpaired) electrons. The number of fused-ring (bicyclic) bond motifs is 1. The van der Waals surface area contributed by atoms with Crippen LogP contribution in [0.4, 0.5) is 15.7 Å². The highest BCUT2D eigenvalue weighted by atomic mass is 35.5. The number of aromatic nitrogens is 2. The van der Waals surface area contributed by atoms with E-state index in [2.05, 4.69) is 22.4 Å². The van der Waals surface area contributed by atoms with Gasteiger partial charge in [0.05, 0.1) is 12.2 Å². The van der Waals surface area contributed by atoms with E-state index in [4.69, 9.17) is 21.3 Å². The molecule has 31 heavy (non-hydrogen) atoms. The number of thiazole rings is 1. The zero-order valence-electron chi connectivity index (χ0n) is 17.5. The number of amides is 1. The minimum Gasteiger partial charge on any atom is -0.444 e. The van der Waals surface area contributed by atoms with Crippen molar-refractivity contribution in [2.24, 2.45) is 0 Å². The second-order valence-corrected chi connectivity index (χ2v) is 10.7. The lowest BCUT2D eigenvalue weighted by atomic mass is 10.2.